The highest BCUT2D eigenvalue weighted by atomic mass is 35.5. The molecule has 3 heteroatoms. The Kier molecular flexibility index (Phi) is 2.97. The average molecular weight is 222 g/mol. The molecule has 1 aromatic heterocycles. The van der Waals surface area contributed by atoms with E-state index in [2.05, 4.69) is 4.98 Å². The maximum absolute atomic E-state index is 13.1. The molecule has 0 saturated carbocycles. The van der Waals surface area contributed by atoms with E-state index >= 15 is 0 Å². The third-order valence-electron chi connectivity index (χ3n) is 2.15. The first-order valence-electron chi connectivity index (χ1n) is 4.57. The average Bonchev–Trinajstić information content (AvgIpc) is 2.30. The first-order valence-corrected chi connectivity index (χ1v) is 5.10. The maximum Gasteiger partial charge on any atom is 0.142 e. The van der Waals surface area contributed by atoms with Gasteiger partial charge in [0.05, 0.1) is 17.8 Å². The van der Waals surface area contributed by atoms with Crippen molar-refractivity contribution in [2.45, 2.75) is 5.88 Å². The first-order chi connectivity index (χ1) is 7.31. The summed E-state index contributed by atoms with van der Waals surface area (Å²) < 4.78 is 13.1. The van der Waals surface area contributed by atoms with Crippen LogP contribution < -0.4 is 0 Å². The van der Waals surface area contributed by atoms with Crippen molar-refractivity contribution >= 4 is 11.6 Å². The normalized spacial score (nSPS) is 10.3. The Morgan fingerprint density at radius 3 is 2.60 bits per heavy atom. The predicted molar refractivity (Wildman–Crippen MR) is 59.2 cm³/mol. The van der Waals surface area contributed by atoms with Gasteiger partial charge in [0.15, 0.2) is 0 Å². The zero-order chi connectivity index (χ0) is 10.7. The summed E-state index contributed by atoms with van der Waals surface area (Å²) in [5, 5.41) is 0. The molecule has 2 rings (SSSR count). The highest BCUT2D eigenvalue weighted by molar-refractivity contribution is 6.17. The fourth-order valence-electron chi connectivity index (χ4n) is 1.44. The molecule has 0 aliphatic heterocycles. The summed E-state index contributed by atoms with van der Waals surface area (Å²) in [5.41, 5.74) is 2.38. The SMILES string of the molecule is Fc1cnc(CCl)c(-c2ccccc2)c1. The van der Waals surface area contributed by atoms with E-state index < -0.39 is 0 Å². The minimum atomic E-state index is -0.345. The predicted octanol–water partition coefficient (Wildman–Crippen LogP) is 3.63. The Balaban J connectivity index is 2.56. The van der Waals surface area contributed by atoms with Crippen molar-refractivity contribution in [3.8, 4) is 11.1 Å². The van der Waals surface area contributed by atoms with Crippen molar-refractivity contribution in [2.75, 3.05) is 0 Å². The minimum absolute atomic E-state index is 0.282. The molecule has 0 N–H and O–H groups in total. The zero-order valence-electron chi connectivity index (χ0n) is 7.95. The van der Waals surface area contributed by atoms with Gasteiger partial charge in [-0.15, -0.1) is 11.6 Å². The topological polar surface area (TPSA) is 12.9 Å². The van der Waals surface area contributed by atoms with Crippen molar-refractivity contribution in [2.24, 2.45) is 0 Å². The van der Waals surface area contributed by atoms with Crippen LogP contribution in [0.15, 0.2) is 42.6 Å². The van der Waals surface area contributed by atoms with Gasteiger partial charge in [-0.1, -0.05) is 30.3 Å². The third kappa shape index (κ3) is 2.16. The summed E-state index contributed by atoms with van der Waals surface area (Å²) in [4.78, 5) is 3.97. The molecule has 0 unspecified atom stereocenters. The molecule has 1 aromatic carbocycles. The van der Waals surface area contributed by atoms with Crippen LogP contribution in [0.25, 0.3) is 11.1 Å². The van der Waals surface area contributed by atoms with E-state index in [9.17, 15) is 4.39 Å². The molecule has 15 heavy (non-hydrogen) atoms. The highest BCUT2D eigenvalue weighted by Crippen LogP contribution is 2.23. The Hall–Kier alpha value is -1.41. The van der Waals surface area contributed by atoms with Gasteiger partial charge in [0.2, 0.25) is 0 Å². The van der Waals surface area contributed by atoms with E-state index in [0.717, 1.165) is 11.1 Å². The van der Waals surface area contributed by atoms with Crippen molar-refractivity contribution < 1.29 is 4.39 Å². The summed E-state index contributed by atoms with van der Waals surface area (Å²) in [5.74, 6) is -0.0625. The van der Waals surface area contributed by atoms with Crippen molar-refractivity contribution in [3.63, 3.8) is 0 Å². The number of rotatable bonds is 2. The van der Waals surface area contributed by atoms with Gasteiger partial charge in [-0.25, -0.2) is 4.39 Å². The molecule has 0 aliphatic carbocycles. The fraction of sp³-hybridized carbons (Fsp3) is 0.0833. The van der Waals surface area contributed by atoms with Crippen molar-refractivity contribution in [1.29, 1.82) is 0 Å². The molecule has 0 amide bonds. The van der Waals surface area contributed by atoms with E-state index in [1.807, 2.05) is 30.3 Å². The molecule has 0 spiro atoms. The van der Waals surface area contributed by atoms with Crippen LogP contribution in [0, 0.1) is 5.82 Å². The summed E-state index contributed by atoms with van der Waals surface area (Å²) in [6, 6.07) is 11.0. The van der Waals surface area contributed by atoms with Crippen LogP contribution in [0.5, 0.6) is 0 Å². The van der Waals surface area contributed by atoms with Gasteiger partial charge in [0, 0.05) is 5.56 Å². The Morgan fingerprint density at radius 2 is 1.93 bits per heavy atom. The van der Waals surface area contributed by atoms with Crippen molar-refractivity contribution in [1.82, 2.24) is 4.98 Å². The van der Waals surface area contributed by atoms with Crippen LogP contribution in [0.3, 0.4) is 0 Å². The van der Waals surface area contributed by atoms with Crippen molar-refractivity contribution in [3.05, 3.63) is 54.1 Å². The minimum Gasteiger partial charge on any atom is -0.256 e. The van der Waals surface area contributed by atoms with Crippen LogP contribution in [0.1, 0.15) is 5.69 Å². The van der Waals surface area contributed by atoms with E-state index in [4.69, 9.17) is 11.6 Å². The third-order valence-corrected chi connectivity index (χ3v) is 2.40. The highest BCUT2D eigenvalue weighted by Gasteiger charge is 2.06. The lowest BCUT2D eigenvalue weighted by Crippen LogP contribution is -1.92. The Labute approximate surface area is 92.5 Å². The first kappa shape index (κ1) is 10.1. The molecule has 0 saturated heterocycles. The van der Waals surface area contributed by atoms with E-state index in [1.165, 1.54) is 12.3 Å². The largest absolute Gasteiger partial charge is 0.256 e. The summed E-state index contributed by atoms with van der Waals surface area (Å²) in [6.45, 7) is 0. The van der Waals surface area contributed by atoms with Crippen LogP contribution in [-0.4, -0.2) is 4.98 Å². The number of aromatic nitrogens is 1. The Morgan fingerprint density at radius 1 is 1.20 bits per heavy atom. The molecular weight excluding hydrogens is 213 g/mol. The number of alkyl halides is 1. The van der Waals surface area contributed by atoms with Crippen LogP contribution in [-0.2, 0) is 5.88 Å². The van der Waals surface area contributed by atoms with Gasteiger partial charge in [0.25, 0.3) is 0 Å². The van der Waals surface area contributed by atoms with Gasteiger partial charge < -0.3 is 0 Å². The van der Waals surface area contributed by atoms with E-state index in [1.54, 1.807) is 0 Å². The lowest BCUT2D eigenvalue weighted by atomic mass is 10.0. The summed E-state index contributed by atoms with van der Waals surface area (Å²) in [7, 11) is 0. The monoisotopic (exact) mass is 221 g/mol. The number of nitrogens with zero attached hydrogens (tertiary/aromatic N) is 1. The molecule has 76 valence electrons. The van der Waals surface area contributed by atoms with Gasteiger partial charge >= 0.3 is 0 Å². The molecule has 0 radical (unpaired) electrons. The molecule has 0 fully saturated rings. The van der Waals surface area contributed by atoms with E-state index in [-0.39, 0.29) is 11.7 Å². The molecular formula is C12H9ClFN. The number of benzene rings is 1. The van der Waals surface area contributed by atoms with Gasteiger partial charge in [0.1, 0.15) is 5.82 Å². The lowest BCUT2D eigenvalue weighted by Gasteiger charge is -2.05. The zero-order valence-corrected chi connectivity index (χ0v) is 8.71. The second-order valence-corrected chi connectivity index (χ2v) is 3.41. The second kappa shape index (κ2) is 4.41. The molecule has 0 bridgehead atoms. The number of halogens is 2. The van der Waals surface area contributed by atoms with Crippen LogP contribution in [0.4, 0.5) is 4.39 Å². The number of hydrogen-bond donors (Lipinski definition) is 0. The maximum atomic E-state index is 13.1. The summed E-state index contributed by atoms with van der Waals surface area (Å²) in [6.07, 6.45) is 1.18. The smallest absolute Gasteiger partial charge is 0.142 e. The quantitative estimate of drug-likeness (QED) is 0.706. The number of pyridine rings is 1. The van der Waals surface area contributed by atoms with Crippen LogP contribution >= 0.6 is 11.6 Å². The lowest BCUT2D eigenvalue weighted by molar-refractivity contribution is 0.620. The second-order valence-electron chi connectivity index (χ2n) is 3.15. The molecule has 0 atom stereocenters. The molecule has 2 aromatic rings. The van der Waals surface area contributed by atoms with Gasteiger partial charge in [-0.3, -0.25) is 4.98 Å². The summed E-state index contributed by atoms with van der Waals surface area (Å²) >= 11 is 5.75. The molecule has 1 nitrogen and oxygen atoms in total. The van der Waals surface area contributed by atoms with Gasteiger partial charge in [-0.05, 0) is 11.6 Å². The molecule has 1 heterocycles. The van der Waals surface area contributed by atoms with Crippen LogP contribution in [0.2, 0.25) is 0 Å². The standard InChI is InChI=1S/C12H9ClFN/c13-7-12-11(6-10(14)8-15-12)9-4-2-1-3-5-9/h1-6,8H,7H2. The van der Waals surface area contributed by atoms with E-state index in [0.29, 0.717) is 5.69 Å². The fourth-order valence-corrected chi connectivity index (χ4v) is 1.65. The Bertz CT molecular complexity index is 456. The molecule has 0 aliphatic rings. The number of hydrogen-bond acceptors (Lipinski definition) is 1. The van der Waals surface area contributed by atoms with Gasteiger partial charge in [-0.2, -0.15) is 0 Å².